The highest BCUT2D eigenvalue weighted by atomic mass is 35.5. The molecule has 2 rings (SSSR count). The highest BCUT2D eigenvalue weighted by Gasteiger charge is 2.46. The summed E-state index contributed by atoms with van der Waals surface area (Å²) in [6.45, 7) is 0. The second-order valence-electron chi connectivity index (χ2n) is 4.27. The molecule has 0 saturated heterocycles. The maximum Gasteiger partial charge on any atom is 0.0637 e. The van der Waals surface area contributed by atoms with Crippen LogP contribution in [0.25, 0.3) is 0 Å². The van der Waals surface area contributed by atoms with Gasteiger partial charge < -0.3 is 0 Å². The van der Waals surface area contributed by atoms with Gasteiger partial charge in [-0.15, -0.1) is 23.2 Å². The van der Waals surface area contributed by atoms with Crippen molar-refractivity contribution in [3.8, 4) is 0 Å². The highest BCUT2D eigenvalue weighted by molar-refractivity contribution is 6.33. The summed E-state index contributed by atoms with van der Waals surface area (Å²) in [5.74, 6) is 0.712. The maximum absolute atomic E-state index is 6.60. The fraction of sp³-hybridized carbons (Fsp3) is 1.00. The first kappa shape index (κ1) is 9.15. The van der Waals surface area contributed by atoms with Gasteiger partial charge in [-0.1, -0.05) is 19.3 Å². The number of hydrogen-bond acceptors (Lipinski definition) is 0. The van der Waals surface area contributed by atoms with Crippen LogP contribution in [0.3, 0.4) is 0 Å². The maximum atomic E-state index is 6.60. The van der Waals surface area contributed by atoms with Gasteiger partial charge in [0.15, 0.2) is 0 Å². The van der Waals surface area contributed by atoms with E-state index < -0.39 is 0 Å². The molecule has 12 heavy (non-hydrogen) atoms. The van der Waals surface area contributed by atoms with Crippen molar-refractivity contribution in [2.45, 2.75) is 55.2 Å². The Morgan fingerprint density at radius 1 is 1.00 bits per heavy atom. The lowest BCUT2D eigenvalue weighted by Crippen LogP contribution is -2.35. The third kappa shape index (κ3) is 1.37. The summed E-state index contributed by atoms with van der Waals surface area (Å²) in [6, 6.07) is 0. The van der Waals surface area contributed by atoms with E-state index in [2.05, 4.69) is 0 Å². The minimum absolute atomic E-state index is 0.0297. The number of halogens is 2. The molecule has 2 unspecified atom stereocenters. The van der Waals surface area contributed by atoms with Crippen LogP contribution in [0.4, 0.5) is 0 Å². The Kier molecular flexibility index (Phi) is 2.58. The summed E-state index contributed by atoms with van der Waals surface area (Å²) in [4.78, 5) is -0.0297. The lowest BCUT2D eigenvalue weighted by Gasteiger charge is -2.31. The zero-order chi connectivity index (χ0) is 8.60. The van der Waals surface area contributed by atoms with Crippen molar-refractivity contribution in [2.75, 3.05) is 0 Å². The number of hydrogen-bond donors (Lipinski definition) is 0. The Labute approximate surface area is 84.6 Å². The molecule has 0 spiro atoms. The molecule has 2 atom stereocenters. The zero-order valence-corrected chi connectivity index (χ0v) is 8.87. The second kappa shape index (κ2) is 3.38. The summed E-state index contributed by atoms with van der Waals surface area (Å²) >= 11 is 12.9. The minimum Gasteiger partial charge on any atom is -0.121 e. The third-order valence-corrected chi connectivity index (χ3v) is 5.05. The van der Waals surface area contributed by atoms with E-state index in [4.69, 9.17) is 23.2 Å². The van der Waals surface area contributed by atoms with E-state index in [-0.39, 0.29) is 10.3 Å². The van der Waals surface area contributed by atoms with Gasteiger partial charge >= 0.3 is 0 Å². The van der Waals surface area contributed by atoms with Gasteiger partial charge in [0.2, 0.25) is 0 Å². The van der Waals surface area contributed by atoms with Gasteiger partial charge in [-0.2, -0.15) is 0 Å². The Bertz CT molecular complexity index is 163. The van der Waals surface area contributed by atoms with Crippen LogP contribution in [0.15, 0.2) is 0 Å². The van der Waals surface area contributed by atoms with Crippen molar-refractivity contribution in [2.24, 2.45) is 5.92 Å². The van der Waals surface area contributed by atoms with E-state index in [1.54, 1.807) is 0 Å². The lowest BCUT2D eigenvalue weighted by molar-refractivity contribution is 0.385. The normalized spacial score (nSPS) is 44.0. The van der Waals surface area contributed by atoms with Crippen LogP contribution in [0.1, 0.15) is 44.9 Å². The average molecular weight is 207 g/mol. The quantitative estimate of drug-likeness (QED) is 0.571. The van der Waals surface area contributed by atoms with Crippen molar-refractivity contribution >= 4 is 23.2 Å². The van der Waals surface area contributed by atoms with Crippen molar-refractivity contribution in [1.29, 1.82) is 0 Å². The number of alkyl halides is 2. The third-order valence-electron chi connectivity index (χ3n) is 3.57. The molecule has 0 amide bonds. The summed E-state index contributed by atoms with van der Waals surface area (Å²) in [7, 11) is 0. The molecule has 2 aliphatic rings. The van der Waals surface area contributed by atoms with Crippen LogP contribution in [0.2, 0.25) is 0 Å². The van der Waals surface area contributed by atoms with Crippen LogP contribution in [0, 0.1) is 5.92 Å². The van der Waals surface area contributed by atoms with E-state index in [1.165, 1.54) is 32.1 Å². The Balaban J connectivity index is 2.07. The largest absolute Gasteiger partial charge is 0.121 e. The molecule has 0 aromatic carbocycles. The molecule has 2 saturated carbocycles. The molecule has 0 N–H and O–H groups in total. The molecule has 0 heterocycles. The smallest absolute Gasteiger partial charge is 0.0637 e. The van der Waals surface area contributed by atoms with E-state index in [9.17, 15) is 0 Å². The van der Waals surface area contributed by atoms with Gasteiger partial charge in [-0.25, -0.2) is 0 Å². The van der Waals surface area contributed by atoms with Crippen LogP contribution in [0.5, 0.6) is 0 Å². The molecular formula is C10H16Cl2. The van der Waals surface area contributed by atoms with E-state index in [1.807, 2.05) is 0 Å². The summed E-state index contributed by atoms with van der Waals surface area (Å²) in [6.07, 6.45) is 8.86. The van der Waals surface area contributed by atoms with E-state index >= 15 is 0 Å². The number of rotatable bonds is 1. The van der Waals surface area contributed by atoms with Gasteiger partial charge in [-0.05, 0) is 31.6 Å². The molecule has 0 aromatic rings. The second-order valence-corrected chi connectivity index (χ2v) is 5.50. The van der Waals surface area contributed by atoms with Gasteiger partial charge in [0.05, 0.1) is 10.3 Å². The highest BCUT2D eigenvalue weighted by Crippen LogP contribution is 2.50. The van der Waals surface area contributed by atoms with Crippen LogP contribution in [-0.2, 0) is 0 Å². The fourth-order valence-corrected chi connectivity index (χ4v) is 3.72. The molecule has 2 fully saturated rings. The Morgan fingerprint density at radius 2 is 1.67 bits per heavy atom. The molecule has 0 bridgehead atoms. The molecule has 2 aliphatic carbocycles. The lowest BCUT2D eigenvalue weighted by atomic mass is 9.88. The first-order valence-corrected chi connectivity index (χ1v) is 5.88. The zero-order valence-electron chi connectivity index (χ0n) is 7.36. The van der Waals surface area contributed by atoms with Gasteiger partial charge in [0, 0.05) is 0 Å². The monoisotopic (exact) mass is 206 g/mol. The first-order valence-electron chi connectivity index (χ1n) is 5.06. The molecule has 70 valence electrons. The molecule has 0 nitrogen and oxygen atoms in total. The molecule has 0 aliphatic heterocycles. The van der Waals surface area contributed by atoms with Crippen molar-refractivity contribution < 1.29 is 0 Å². The topological polar surface area (TPSA) is 0 Å². The molecule has 2 heteroatoms. The van der Waals surface area contributed by atoms with Crippen LogP contribution < -0.4 is 0 Å². The molecule has 0 radical (unpaired) electrons. The standard InChI is InChI=1S/C10H16Cl2/c11-9-6-3-7-10(9,12)8-4-1-2-5-8/h8-9H,1-7H2. The predicted octanol–water partition coefficient (Wildman–Crippen LogP) is 3.95. The Hall–Kier alpha value is 0.580. The summed E-state index contributed by atoms with van der Waals surface area (Å²) < 4.78 is 0. The minimum atomic E-state index is -0.0297. The van der Waals surface area contributed by atoms with Gasteiger partial charge in [0.25, 0.3) is 0 Å². The van der Waals surface area contributed by atoms with Crippen molar-refractivity contribution in [1.82, 2.24) is 0 Å². The van der Waals surface area contributed by atoms with E-state index in [0.717, 1.165) is 12.8 Å². The predicted molar refractivity (Wildman–Crippen MR) is 54.0 cm³/mol. The van der Waals surface area contributed by atoms with Crippen LogP contribution in [-0.4, -0.2) is 10.3 Å². The fourth-order valence-electron chi connectivity index (χ4n) is 2.81. The van der Waals surface area contributed by atoms with Gasteiger partial charge in [0.1, 0.15) is 0 Å². The Morgan fingerprint density at radius 3 is 2.17 bits per heavy atom. The van der Waals surface area contributed by atoms with Crippen LogP contribution >= 0.6 is 23.2 Å². The molecule has 0 aromatic heterocycles. The average Bonchev–Trinajstić information content (AvgIpc) is 2.62. The van der Waals surface area contributed by atoms with Gasteiger partial charge in [-0.3, -0.25) is 0 Å². The van der Waals surface area contributed by atoms with Crippen molar-refractivity contribution in [3.63, 3.8) is 0 Å². The van der Waals surface area contributed by atoms with Crippen molar-refractivity contribution in [3.05, 3.63) is 0 Å². The van der Waals surface area contributed by atoms with E-state index in [0.29, 0.717) is 5.92 Å². The SMILES string of the molecule is ClC1CCCC1(Cl)C1CCCC1. The summed E-state index contributed by atoms with van der Waals surface area (Å²) in [5.41, 5.74) is 0. The summed E-state index contributed by atoms with van der Waals surface area (Å²) in [5, 5.41) is 0.238. The molecular weight excluding hydrogens is 191 g/mol. The first-order chi connectivity index (χ1) is 5.73.